The van der Waals surface area contributed by atoms with Crippen LogP contribution in [0.1, 0.15) is 31.2 Å². The summed E-state index contributed by atoms with van der Waals surface area (Å²) in [4.78, 5) is 0. The van der Waals surface area contributed by atoms with Crippen LogP contribution in [0.25, 0.3) is 0 Å². The van der Waals surface area contributed by atoms with Crippen molar-refractivity contribution in [3.05, 3.63) is 23.8 Å². The summed E-state index contributed by atoms with van der Waals surface area (Å²) in [6.07, 6.45) is 6.00. The number of ether oxygens (including phenoxy) is 2. The fourth-order valence-electron chi connectivity index (χ4n) is 1.94. The van der Waals surface area contributed by atoms with Crippen LogP contribution in [0.4, 0.5) is 0 Å². The Balaban J connectivity index is 2.07. The summed E-state index contributed by atoms with van der Waals surface area (Å²) in [6.45, 7) is 0.727. The van der Waals surface area contributed by atoms with E-state index in [9.17, 15) is 0 Å². The van der Waals surface area contributed by atoms with Crippen LogP contribution in [0.5, 0.6) is 11.5 Å². The van der Waals surface area contributed by atoms with Gasteiger partial charge in [-0.1, -0.05) is 6.07 Å². The van der Waals surface area contributed by atoms with Crippen LogP contribution < -0.4 is 15.2 Å². The molecule has 0 saturated heterocycles. The van der Waals surface area contributed by atoms with Gasteiger partial charge in [-0.2, -0.15) is 0 Å². The van der Waals surface area contributed by atoms with Crippen molar-refractivity contribution in [3.8, 4) is 11.5 Å². The molecular weight excluding hydrogens is 214 g/mol. The summed E-state index contributed by atoms with van der Waals surface area (Å²) in [6, 6.07) is 6.16. The molecule has 0 spiro atoms. The average Bonchev–Trinajstić information content (AvgIpc) is 2.31. The molecule has 1 aromatic carbocycles. The minimum atomic E-state index is 0.383. The molecule has 0 atom stereocenters. The van der Waals surface area contributed by atoms with Gasteiger partial charge in [0.2, 0.25) is 0 Å². The number of rotatable bonds is 6. The molecule has 1 saturated carbocycles. The predicted molar refractivity (Wildman–Crippen MR) is 68.6 cm³/mol. The standard InChI is InChI=1S/C14H21NO2/c1-16-13-8-7-11(4-3-9-15)10-14(13)17-12-5-2-6-12/h7-8,10,12H,2-6,9,15H2,1H3. The van der Waals surface area contributed by atoms with Crippen molar-refractivity contribution in [2.24, 2.45) is 5.73 Å². The lowest BCUT2D eigenvalue weighted by atomic mass is 9.96. The third kappa shape index (κ3) is 3.13. The average molecular weight is 235 g/mol. The fraction of sp³-hybridized carbons (Fsp3) is 0.571. The normalized spacial score (nSPS) is 15.4. The van der Waals surface area contributed by atoms with E-state index in [0.29, 0.717) is 6.10 Å². The Bertz CT molecular complexity index is 361. The lowest BCUT2D eigenvalue weighted by Crippen LogP contribution is -2.24. The molecule has 0 aromatic heterocycles. The number of hydrogen-bond acceptors (Lipinski definition) is 3. The van der Waals surface area contributed by atoms with Gasteiger partial charge in [-0.3, -0.25) is 0 Å². The van der Waals surface area contributed by atoms with Gasteiger partial charge >= 0.3 is 0 Å². The fourth-order valence-corrected chi connectivity index (χ4v) is 1.94. The van der Waals surface area contributed by atoms with Gasteiger partial charge in [-0.25, -0.2) is 0 Å². The molecule has 3 heteroatoms. The molecular formula is C14H21NO2. The second-order valence-corrected chi connectivity index (χ2v) is 4.55. The van der Waals surface area contributed by atoms with Crippen LogP contribution in [-0.4, -0.2) is 19.8 Å². The smallest absolute Gasteiger partial charge is 0.161 e. The Kier molecular flexibility index (Phi) is 4.26. The molecule has 1 aromatic rings. The van der Waals surface area contributed by atoms with Crippen LogP contribution in [0.2, 0.25) is 0 Å². The van der Waals surface area contributed by atoms with Crippen LogP contribution >= 0.6 is 0 Å². The van der Waals surface area contributed by atoms with E-state index in [-0.39, 0.29) is 0 Å². The maximum absolute atomic E-state index is 5.94. The van der Waals surface area contributed by atoms with Crippen molar-refractivity contribution < 1.29 is 9.47 Å². The predicted octanol–water partition coefficient (Wildman–Crippen LogP) is 2.52. The first-order chi connectivity index (χ1) is 8.33. The van der Waals surface area contributed by atoms with E-state index in [4.69, 9.17) is 15.2 Å². The quantitative estimate of drug-likeness (QED) is 0.824. The van der Waals surface area contributed by atoms with Crippen LogP contribution in [0.3, 0.4) is 0 Å². The third-order valence-corrected chi connectivity index (χ3v) is 3.24. The Morgan fingerprint density at radius 1 is 1.29 bits per heavy atom. The van der Waals surface area contributed by atoms with Crippen molar-refractivity contribution >= 4 is 0 Å². The zero-order valence-electron chi connectivity index (χ0n) is 10.4. The molecule has 0 heterocycles. The molecule has 2 N–H and O–H groups in total. The number of aryl methyl sites for hydroxylation is 1. The topological polar surface area (TPSA) is 44.5 Å². The minimum absolute atomic E-state index is 0.383. The van der Waals surface area contributed by atoms with Gasteiger partial charge in [0, 0.05) is 0 Å². The highest BCUT2D eigenvalue weighted by atomic mass is 16.5. The van der Waals surface area contributed by atoms with E-state index in [1.807, 2.05) is 6.07 Å². The molecule has 0 aliphatic heterocycles. The summed E-state index contributed by atoms with van der Waals surface area (Å²) in [5.41, 5.74) is 6.79. The van der Waals surface area contributed by atoms with E-state index in [0.717, 1.165) is 43.7 Å². The first-order valence-electron chi connectivity index (χ1n) is 6.37. The van der Waals surface area contributed by atoms with Gasteiger partial charge in [-0.15, -0.1) is 0 Å². The van der Waals surface area contributed by atoms with Crippen LogP contribution in [0.15, 0.2) is 18.2 Å². The van der Waals surface area contributed by atoms with E-state index < -0.39 is 0 Å². The van der Waals surface area contributed by atoms with Crippen LogP contribution in [-0.2, 0) is 6.42 Å². The Morgan fingerprint density at radius 3 is 2.71 bits per heavy atom. The van der Waals surface area contributed by atoms with Gasteiger partial charge in [0.25, 0.3) is 0 Å². The monoisotopic (exact) mass is 235 g/mol. The summed E-state index contributed by atoms with van der Waals surface area (Å²) in [7, 11) is 1.68. The molecule has 0 amide bonds. The van der Waals surface area contributed by atoms with Gasteiger partial charge in [0.05, 0.1) is 13.2 Å². The van der Waals surface area contributed by atoms with Gasteiger partial charge in [-0.05, 0) is 56.3 Å². The highest BCUT2D eigenvalue weighted by Gasteiger charge is 2.20. The largest absolute Gasteiger partial charge is 0.493 e. The van der Waals surface area contributed by atoms with Gasteiger partial charge in [0.1, 0.15) is 0 Å². The van der Waals surface area contributed by atoms with Gasteiger partial charge in [0.15, 0.2) is 11.5 Å². The summed E-state index contributed by atoms with van der Waals surface area (Å²) in [5, 5.41) is 0. The molecule has 0 unspecified atom stereocenters. The van der Waals surface area contributed by atoms with E-state index in [2.05, 4.69) is 12.1 Å². The minimum Gasteiger partial charge on any atom is -0.493 e. The number of nitrogens with two attached hydrogens (primary N) is 1. The second-order valence-electron chi connectivity index (χ2n) is 4.55. The van der Waals surface area contributed by atoms with Crippen molar-refractivity contribution in [1.82, 2.24) is 0 Å². The summed E-state index contributed by atoms with van der Waals surface area (Å²) < 4.78 is 11.3. The van der Waals surface area contributed by atoms with Gasteiger partial charge < -0.3 is 15.2 Å². The molecule has 1 fully saturated rings. The Morgan fingerprint density at radius 2 is 2.12 bits per heavy atom. The number of hydrogen-bond donors (Lipinski definition) is 1. The molecule has 17 heavy (non-hydrogen) atoms. The number of methoxy groups -OCH3 is 1. The summed E-state index contributed by atoms with van der Waals surface area (Å²) in [5.74, 6) is 1.71. The second kappa shape index (κ2) is 5.92. The van der Waals surface area contributed by atoms with Crippen molar-refractivity contribution in [2.45, 2.75) is 38.2 Å². The third-order valence-electron chi connectivity index (χ3n) is 3.24. The maximum Gasteiger partial charge on any atom is 0.161 e. The lowest BCUT2D eigenvalue weighted by molar-refractivity contribution is 0.116. The first kappa shape index (κ1) is 12.2. The Labute approximate surface area is 103 Å². The van der Waals surface area contributed by atoms with E-state index in [1.54, 1.807) is 7.11 Å². The lowest BCUT2D eigenvalue weighted by Gasteiger charge is -2.27. The first-order valence-corrected chi connectivity index (χ1v) is 6.37. The molecule has 2 rings (SSSR count). The highest BCUT2D eigenvalue weighted by Crippen LogP contribution is 2.33. The SMILES string of the molecule is COc1ccc(CCCN)cc1OC1CCC1. The van der Waals surface area contributed by atoms with Crippen molar-refractivity contribution in [1.29, 1.82) is 0 Å². The van der Waals surface area contributed by atoms with Crippen molar-refractivity contribution in [2.75, 3.05) is 13.7 Å². The molecule has 1 aliphatic rings. The zero-order chi connectivity index (χ0) is 12.1. The van der Waals surface area contributed by atoms with Crippen molar-refractivity contribution in [3.63, 3.8) is 0 Å². The molecule has 0 radical (unpaired) electrons. The summed E-state index contributed by atoms with van der Waals surface area (Å²) >= 11 is 0. The van der Waals surface area contributed by atoms with Crippen LogP contribution in [0, 0.1) is 0 Å². The molecule has 0 bridgehead atoms. The van der Waals surface area contributed by atoms with E-state index in [1.165, 1.54) is 12.0 Å². The molecule has 94 valence electrons. The zero-order valence-corrected chi connectivity index (χ0v) is 10.4. The Hall–Kier alpha value is -1.22. The highest BCUT2D eigenvalue weighted by molar-refractivity contribution is 5.43. The molecule has 3 nitrogen and oxygen atoms in total. The maximum atomic E-state index is 5.94. The number of benzene rings is 1. The molecule has 1 aliphatic carbocycles. The van der Waals surface area contributed by atoms with E-state index >= 15 is 0 Å².